The molecule has 0 bridgehead atoms. The van der Waals surface area contributed by atoms with Gasteiger partial charge in [0.25, 0.3) is 0 Å². The molecule has 2 aromatic heterocycles. The van der Waals surface area contributed by atoms with Crippen LogP contribution in [0.25, 0.3) is 5.65 Å². The zero-order chi connectivity index (χ0) is 19.2. The Kier molecular flexibility index (Phi) is 4.91. The van der Waals surface area contributed by atoms with Gasteiger partial charge in [-0.2, -0.15) is 18.3 Å². The van der Waals surface area contributed by atoms with E-state index in [1.165, 1.54) is 0 Å². The number of nitrogens with zero attached hydrogens (tertiary/aromatic N) is 3. The van der Waals surface area contributed by atoms with Crippen LogP contribution < -0.4 is 5.32 Å². The molecule has 1 saturated heterocycles. The first-order chi connectivity index (χ1) is 12.8. The van der Waals surface area contributed by atoms with Crippen LogP contribution in [0.3, 0.4) is 0 Å². The standard InChI is InChI=1S/C20H27F3N4/c1-12-10-18(16-4-3-9-24-13(16)2)27-19(25-12)11-17(26-27)14-5-7-15(8-6-14)20(21,22)23/h10-11,13-16,24H,3-9H2,1-2H3/t13-,14?,15?,16-/m0/s1. The molecule has 1 aliphatic heterocycles. The third-order valence-corrected chi connectivity index (χ3v) is 6.35. The van der Waals surface area contributed by atoms with Crippen LogP contribution in [0.15, 0.2) is 12.1 Å². The number of nitrogens with one attached hydrogen (secondary N) is 1. The Bertz CT molecular complexity index is 805. The molecule has 2 aliphatic rings. The molecule has 148 valence electrons. The topological polar surface area (TPSA) is 42.2 Å². The number of hydrogen-bond acceptors (Lipinski definition) is 3. The van der Waals surface area contributed by atoms with E-state index in [9.17, 15) is 13.2 Å². The number of aromatic nitrogens is 3. The van der Waals surface area contributed by atoms with Crippen LogP contribution >= 0.6 is 0 Å². The third kappa shape index (κ3) is 3.71. The SMILES string of the molecule is Cc1cc([C@H]2CCCN[C@H]2C)n2nc(C3CCC(C(F)(F)F)CC3)cc2n1. The molecule has 3 heterocycles. The van der Waals surface area contributed by atoms with Gasteiger partial charge in [0.15, 0.2) is 5.65 Å². The van der Waals surface area contributed by atoms with E-state index in [0.29, 0.717) is 24.8 Å². The molecule has 2 atom stereocenters. The van der Waals surface area contributed by atoms with Gasteiger partial charge in [0, 0.05) is 29.6 Å². The van der Waals surface area contributed by atoms with Crippen molar-refractivity contribution < 1.29 is 13.2 Å². The molecule has 4 rings (SSSR count). The second-order valence-electron chi connectivity index (χ2n) is 8.24. The van der Waals surface area contributed by atoms with E-state index in [-0.39, 0.29) is 18.8 Å². The van der Waals surface area contributed by atoms with E-state index in [1.807, 2.05) is 17.5 Å². The van der Waals surface area contributed by atoms with Gasteiger partial charge in [0.05, 0.1) is 17.3 Å². The van der Waals surface area contributed by atoms with E-state index >= 15 is 0 Å². The van der Waals surface area contributed by atoms with E-state index in [0.717, 1.165) is 42.1 Å². The van der Waals surface area contributed by atoms with Crippen molar-refractivity contribution in [2.24, 2.45) is 5.92 Å². The summed E-state index contributed by atoms with van der Waals surface area (Å²) < 4.78 is 40.8. The van der Waals surface area contributed by atoms with E-state index in [1.54, 1.807) is 0 Å². The van der Waals surface area contributed by atoms with Crippen molar-refractivity contribution in [3.8, 4) is 0 Å². The van der Waals surface area contributed by atoms with Gasteiger partial charge < -0.3 is 5.32 Å². The van der Waals surface area contributed by atoms with Gasteiger partial charge in [-0.3, -0.25) is 0 Å². The quantitative estimate of drug-likeness (QED) is 0.819. The van der Waals surface area contributed by atoms with Crippen molar-refractivity contribution in [3.05, 3.63) is 29.2 Å². The van der Waals surface area contributed by atoms with Crippen molar-refractivity contribution in [2.75, 3.05) is 6.54 Å². The summed E-state index contributed by atoms with van der Waals surface area (Å²) in [6.07, 6.45) is -0.338. The van der Waals surface area contributed by atoms with Crippen LogP contribution in [0.1, 0.15) is 74.4 Å². The van der Waals surface area contributed by atoms with Crippen molar-refractivity contribution in [1.82, 2.24) is 19.9 Å². The Morgan fingerprint density at radius 3 is 2.52 bits per heavy atom. The molecule has 0 amide bonds. The lowest BCUT2D eigenvalue weighted by atomic mass is 9.80. The Hall–Kier alpha value is -1.63. The summed E-state index contributed by atoms with van der Waals surface area (Å²) in [6.45, 7) is 5.23. The van der Waals surface area contributed by atoms with Crippen LogP contribution in [0.2, 0.25) is 0 Å². The lowest BCUT2D eigenvalue weighted by molar-refractivity contribution is -0.182. The molecule has 4 nitrogen and oxygen atoms in total. The maximum atomic E-state index is 12.9. The minimum absolute atomic E-state index is 0.0976. The van der Waals surface area contributed by atoms with Crippen molar-refractivity contribution in [2.45, 2.75) is 76.4 Å². The van der Waals surface area contributed by atoms with Crippen LogP contribution in [-0.4, -0.2) is 33.4 Å². The molecule has 0 spiro atoms. The maximum absolute atomic E-state index is 12.9. The fourth-order valence-electron chi connectivity index (χ4n) is 4.77. The number of piperidine rings is 1. The minimum Gasteiger partial charge on any atom is -0.314 e. The summed E-state index contributed by atoms with van der Waals surface area (Å²) >= 11 is 0. The first-order valence-corrected chi connectivity index (χ1v) is 10.00. The van der Waals surface area contributed by atoms with Crippen molar-refractivity contribution in [1.29, 1.82) is 0 Å². The van der Waals surface area contributed by atoms with Crippen LogP contribution in [0.5, 0.6) is 0 Å². The monoisotopic (exact) mass is 380 g/mol. The highest BCUT2D eigenvalue weighted by Crippen LogP contribution is 2.42. The Labute approximate surface area is 157 Å². The molecule has 2 fully saturated rings. The van der Waals surface area contributed by atoms with Gasteiger partial charge in [0.2, 0.25) is 0 Å². The van der Waals surface area contributed by atoms with Gasteiger partial charge in [-0.15, -0.1) is 0 Å². The molecule has 1 saturated carbocycles. The third-order valence-electron chi connectivity index (χ3n) is 6.35. The lowest BCUT2D eigenvalue weighted by Gasteiger charge is -2.30. The largest absolute Gasteiger partial charge is 0.391 e. The zero-order valence-corrected chi connectivity index (χ0v) is 15.9. The summed E-state index contributed by atoms with van der Waals surface area (Å²) in [5.41, 5.74) is 3.83. The van der Waals surface area contributed by atoms with Crippen molar-refractivity contribution >= 4 is 5.65 Å². The first-order valence-electron chi connectivity index (χ1n) is 10.00. The summed E-state index contributed by atoms with van der Waals surface area (Å²) in [7, 11) is 0. The zero-order valence-electron chi connectivity index (χ0n) is 15.9. The Balaban J connectivity index is 1.62. The van der Waals surface area contributed by atoms with Crippen LogP contribution in [0, 0.1) is 12.8 Å². The summed E-state index contributed by atoms with van der Waals surface area (Å²) in [4.78, 5) is 4.63. The highest BCUT2D eigenvalue weighted by atomic mass is 19.4. The second-order valence-corrected chi connectivity index (χ2v) is 8.24. The molecule has 27 heavy (non-hydrogen) atoms. The summed E-state index contributed by atoms with van der Waals surface area (Å²) in [6, 6.07) is 4.47. The number of halogens is 3. The highest BCUT2D eigenvalue weighted by Gasteiger charge is 2.42. The van der Waals surface area contributed by atoms with Crippen LogP contribution in [-0.2, 0) is 0 Å². The Morgan fingerprint density at radius 1 is 1.11 bits per heavy atom. The lowest BCUT2D eigenvalue weighted by Crippen LogP contribution is -2.38. The molecule has 2 aromatic rings. The second kappa shape index (κ2) is 7.08. The van der Waals surface area contributed by atoms with Gasteiger partial charge in [-0.05, 0) is 65.0 Å². The summed E-state index contributed by atoms with van der Waals surface area (Å²) in [5.74, 6) is -0.687. The highest BCUT2D eigenvalue weighted by molar-refractivity contribution is 5.43. The molecular formula is C20H27F3N4. The minimum atomic E-state index is -4.07. The predicted octanol–water partition coefficient (Wildman–Crippen LogP) is 4.73. The van der Waals surface area contributed by atoms with E-state index in [4.69, 9.17) is 5.10 Å². The number of hydrogen-bond donors (Lipinski definition) is 1. The van der Waals surface area contributed by atoms with Gasteiger partial charge >= 0.3 is 6.18 Å². The van der Waals surface area contributed by atoms with Gasteiger partial charge in [0.1, 0.15) is 0 Å². The molecule has 0 aromatic carbocycles. The maximum Gasteiger partial charge on any atom is 0.391 e. The number of fused-ring (bicyclic) bond motifs is 1. The van der Waals surface area contributed by atoms with Gasteiger partial charge in [-0.1, -0.05) is 0 Å². The van der Waals surface area contributed by atoms with Crippen molar-refractivity contribution in [3.63, 3.8) is 0 Å². The predicted molar refractivity (Wildman–Crippen MR) is 97.9 cm³/mol. The smallest absolute Gasteiger partial charge is 0.314 e. The average Bonchev–Trinajstić information content (AvgIpc) is 3.05. The average molecular weight is 380 g/mol. The molecule has 1 aliphatic carbocycles. The number of alkyl halides is 3. The van der Waals surface area contributed by atoms with E-state index < -0.39 is 12.1 Å². The van der Waals surface area contributed by atoms with Gasteiger partial charge in [-0.25, -0.2) is 9.50 Å². The number of aryl methyl sites for hydroxylation is 1. The Morgan fingerprint density at radius 2 is 1.85 bits per heavy atom. The molecule has 1 N–H and O–H groups in total. The summed E-state index contributed by atoms with van der Waals surface area (Å²) in [5, 5.41) is 8.36. The molecule has 0 unspecified atom stereocenters. The van der Waals surface area contributed by atoms with Crippen LogP contribution in [0.4, 0.5) is 13.2 Å². The molecule has 7 heteroatoms. The fraction of sp³-hybridized carbons (Fsp3) is 0.700. The fourth-order valence-corrected chi connectivity index (χ4v) is 4.77. The van der Waals surface area contributed by atoms with E-state index in [2.05, 4.69) is 23.3 Å². The molecule has 0 radical (unpaired) electrons. The normalized spacial score (nSPS) is 30.0. The molecular weight excluding hydrogens is 353 g/mol. The first kappa shape index (κ1) is 18.7. The number of rotatable bonds is 2.